The molecule has 2 heterocycles. The minimum Gasteiger partial charge on any atom is -0.377 e. The van der Waals surface area contributed by atoms with Crippen molar-refractivity contribution in [1.82, 2.24) is 0 Å². The second-order valence-corrected chi connectivity index (χ2v) is 6.02. The summed E-state index contributed by atoms with van der Waals surface area (Å²) in [6, 6.07) is 16.7. The maximum atomic E-state index is 6.41. The maximum Gasteiger partial charge on any atom is 0.0755 e. The average Bonchev–Trinajstić information content (AvgIpc) is 2.73. The molecule has 2 aliphatic rings. The van der Waals surface area contributed by atoms with Crippen LogP contribution >= 0.6 is 11.6 Å². The second kappa shape index (κ2) is 5.75. The average molecular weight is 313 g/mol. The molecule has 2 aliphatic heterocycles. The van der Waals surface area contributed by atoms with E-state index in [-0.39, 0.29) is 0 Å². The lowest BCUT2D eigenvalue weighted by Gasteiger charge is -2.36. The van der Waals surface area contributed by atoms with Crippen LogP contribution in [0.15, 0.2) is 53.5 Å². The number of halogens is 1. The molecular formula is C18H17ClN2O. The molecule has 2 aromatic rings. The zero-order chi connectivity index (χ0) is 14.9. The summed E-state index contributed by atoms with van der Waals surface area (Å²) in [5.74, 6) is 0. The molecule has 1 fully saturated rings. The molecule has 0 N–H and O–H groups in total. The van der Waals surface area contributed by atoms with Crippen LogP contribution in [0.4, 0.5) is 5.69 Å². The van der Waals surface area contributed by atoms with E-state index in [1.165, 1.54) is 5.69 Å². The maximum absolute atomic E-state index is 6.41. The van der Waals surface area contributed by atoms with Crippen molar-refractivity contribution in [1.29, 1.82) is 0 Å². The minimum absolute atomic E-state index is 0.301. The largest absolute Gasteiger partial charge is 0.377 e. The Bertz CT molecular complexity index is 729. The molecule has 0 aliphatic carbocycles. The van der Waals surface area contributed by atoms with Gasteiger partial charge in [-0.3, -0.25) is 4.99 Å². The van der Waals surface area contributed by atoms with E-state index < -0.39 is 0 Å². The molecule has 1 unspecified atom stereocenters. The summed E-state index contributed by atoms with van der Waals surface area (Å²) in [6.45, 7) is 3.14. The van der Waals surface area contributed by atoms with E-state index in [9.17, 15) is 0 Å². The summed E-state index contributed by atoms with van der Waals surface area (Å²) in [5, 5.41) is 0.743. The zero-order valence-corrected chi connectivity index (χ0v) is 13.0. The fourth-order valence-electron chi connectivity index (χ4n) is 3.21. The van der Waals surface area contributed by atoms with Crippen molar-refractivity contribution in [3.63, 3.8) is 0 Å². The Balaban J connectivity index is 1.88. The second-order valence-electron chi connectivity index (χ2n) is 5.61. The van der Waals surface area contributed by atoms with Crippen molar-refractivity contribution >= 4 is 23.0 Å². The molecule has 1 saturated heterocycles. The summed E-state index contributed by atoms with van der Waals surface area (Å²) in [4.78, 5) is 7.31. The first-order chi connectivity index (χ1) is 10.8. The van der Waals surface area contributed by atoms with Crippen LogP contribution in [0.5, 0.6) is 0 Å². The van der Waals surface area contributed by atoms with Crippen LogP contribution in [0.3, 0.4) is 0 Å². The number of para-hydroxylation sites is 1. The first kappa shape index (κ1) is 13.8. The zero-order valence-electron chi connectivity index (χ0n) is 12.2. The normalized spacial score (nSPS) is 20.7. The first-order valence-electron chi connectivity index (χ1n) is 7.58. The van der Waals surface area contributed by atoms with Gasteiger partial charge >= 0.3 is 0 Å². The fraction of sp³-hybridized carbons (Fsp3) is 0.278. The highest BCUT2D eigenvalue weighted by molar-refractivity contribution is 6.35. The number of morpholine rings is 1. The van der Waals surface area contributed by atoms with Gasteiger partial charge in [0.1, 0.15) is 0 Å². The highest BCUT2D eigenvalue weighted by Gasteiger charge is 2.29. The third-order valence-corrected chi connectivity index (χ3v) is 4.61. The van der Waals surface area contributed by atoms with Gasteiger partial charge in [-0.05, 0) is 12.1 Å². The van der Waals surface area contributed by atoms with Gasteiger partial charge in [0.25, 0.3) is 0 Å². The molecule has 22 heavy (non-hydrogen) atoms. The van der Waals surface area contributed by atoms with E-state index in [2.05, 4.69) is 29.2 Å². The number of hydrogen-bond acceptors (Lipinski definition) is 3. The number of fused-ring (bicyclic) bond motifs is 3. The van der Waals surface area contributed by atoms with Crippen molar-refractivity contribution in [3.05, 3.63) is 64.7 Å². The molecule has 0 spiro atoms. The van der Waals surface area contributed by atoms with Crippen molar-refractivity contribution in [3.8, 4) is 0 Å². The predicted molar refractivity (Wildman–Crippen MR) is 90.4 cm³/mol. The highest BCUT2D eigenvalue weighted by atomic mass is 35.5. The van der Waals surface area contributed by atoms with Gasteiger partial charge in [-0.15, -0.1) is 0 Å². The number of hydrogen-bond donors (Lipinski definition) is 0. The molecule has 0 amide bonds. The lowest BCUT2D eigenvalue weighted by Crippen LogP contribution is -2.47. The van der Waals surface area contributed by atoms with Crippen LogP contribution in [0.1, 0.15) is 11.1 Å². The van der Waals surface area contributed by atoms with Gasteiger partial charge in [-0.1, -0.05) is 48.0 Å². The Labute approximate surface area is 135 Å². The molecule has 112 valence electrons. The predicted octanol–water partition coefficient (Wildman–Crippen LogP) is 3.40. The Kier molecular flexibility index (Phi) is 3.60. The molecule has 1 atom stereocenters. The molecule has 0 saturated carbocycles. The van der Waals surface area contributed by atoms with Crippen molar-refractivity contribution in [2.24, 2.45) is 4.99 Å². The van der Waals surface area contributed by atoms with E-state index in [1.807, 2.05) is 24.3 Å². The number of nitrogens with zero attached hydrogens (tertiary/aromatic N) is 2. The van der Waals surface area contributed by atoms with Crippen LogP contribution in [0.25, 0.3) is 0 Å². The molecule has 4 heteroatoms. The molecule has 4 rings (SSSR count). The lowest BCUT2D eigenvalue weighted by atomic mass is 10.00. The van der Waals surface area contributed by atoms with Gasteiger partial charge in [-0.2, -0.15) is 0 Å². The van der Waals surface area contributed by atoms with Crippen LogP contribution < -0.4 is 4.90 Å². The number of rotatable bonds is 1. The van der Waals surface area contributed by atoms with Crippen LogP contribution in [0.2, 0.25) is 5.02 Å². The Hall–Kier alpha value is -1.84. The molecule has 2 aromatic carbocycles. The molecule has 0 aromatic heterocycles. The van der Waals surface area contributed by atoms with Gasteiger partial charge in [0, 0.05) is 28.4 Å². The summed E-state index contributed by atoms with van der Waals surface area (Å²) < 4.78 is 5.64. The molecule has 0 bridgehead atoms. The SMILES string of the molecule is Clc1ccccc1C1=NCC2COCCN2c2ccccc21. The third kappa shape index (κ3) is 2.31. The van der Waals surface area contributed by atoms with Gasteiger partial charge in [0.15, 0.2) is 0 Å². The van der Waals surface area contributed by atoms with Crippen LogP contribution in [-0.2, 0) is 4.74 Å². The number of ether oxygens (including phenoxy) is 1. The highest BCUT2D eigenvalue weighted by Crippen LogP contribution is 2.31. The van der Waals surface area contributed by atoms with Gasteiger partial charge < -0.3 is 9.64 Å². The summed E-state index contributed by atoms with van der Waals surface area (Å²) in [5.41, 5.74) is 4.36. The van der Waals surface area contributed by atoms with Gasteiger partial charge in [0.2, 0.25) is 0 Å². The number of anilines is 1. The van der Waals surface area contributed by atoms with Crippen molar-refractivity contribution in [2.45, 2.75) is 6.04 Å². The van der Waals surface area contributed by atoms with E-state index in [4.69, 9.17) is 21.3 Å². The number of benzene rings is 2. The standard InChI is InChI=1S/C18H17ClN2O/c19-16-7-3-1-5-14(16)18-15-6-2-4-8-17(15)21-9-10-22-12-13(21)11-20-18/h1-8,13H,9-12H2. The Morgan fingerprint density at radius 2 is 1.82 bits per heavy atom. The van der Waals surface area contributed by atoms with Crippen molar-refractivity contribution < 1.29 is 4.74 Å². The molecular weight excluding hydrogens is 296 g/mol. The van der Waals surface area contributed by atoms with E-state index in [1.54, 1.807) is 0 Å². The Morgan fingerprint density at radius 3 is 2.68 bits per heavy atom. The van der Waals surface area contributed by atoms with Crippen molar-refractivity contribution in [2.75, 3.05) is 31.2 Å². The monoisotopic (exact) mass is 312 g/mol. The summed E-state index contributed by atoms with van der Waals surface area (Å²) in [7, 11) is 0. The first-order valence-corrected chi connectivity index (χ1v) is 7.95. The van der Waals surface area contributed by atoms with E-state index >= 15 is 0 Å². The molecule has 3 nitrogen and oxygen atoms in total. The summed E-state index contributed by atoms with van der Waals surface area (Å²) in [6.07, 6.45) is 0. The topological polar surface area (TPSA) is 24.8 Å². The van der Waals surface area contributed by atoms with E-state index in [0.29, 0.717) is 6.04 Å². The lowest BCUT2D eigenvalue weighted by molar-refractivity contribution is 0.0966. The third-order valence-electron chi connectivity index (χ3n) is 4.29. The minimum atomic E-state index is 0.301. The Morgan fingerprint density at radius 1 is 1.05 bits per heavy atom. The van der Waals surface area contributed by atoms with E-state index in [0.717, 1.165) is 48.2 Å². The quantitative estimate of drug-likeness (QED) is 0.806. The molecule has 0 radical (unpaired) electrons. The smallest absolute Gasteiger partial charge is 0.0755 e. The van der Waals surface area contributed by atoms with Crippen LogP contribution in [-0.4, -0.2) is 38.1 Å². The number of aliphatic imine (C=N–C) groups is 1. The fourth-order valence-corrected chi connectivity index (χ4v) is 3.44. The van der Waals surface area contributed by atoms with Crippen LogP contribution in [0, 0.1) is 0 Å². The summed E-state index contributed by atoms with van der Waals surface area (Å²) >= 11 is 6.41. The van der Waals surface area contributed by atoms with Gasteiger partial charge in [0.05, 0.1) is 31.5 Å². The van der Waals surface area contributed by atoms with Gasteiger partial charge in [-0.25, -0.2) is 0 Å².